The molecule has 128 valence electrons. The van der Waals surface area contributed by atoms with Gasteiger partial charge in [-0.05, 0) is 45.8 Å². The van der Waals surface area contributed by atoms with E-state index in [2.05, 4.69) is 0 Å². The molecule has 0 amide bonds. The van der Waals surface area contributed by atoms with E-state index in [1.165, 1.54) is 31.4 Å². The predicted molar refractivity (Wildman–Crippen MR) is 93.9 cm³/mol. The molecule has 0 aromatic heterocycles. The van der Waals surface area contributed by atoms with Crippen LogP contribution in [0.3, 0.4) is 0 Å². The van der Waals surface area contributed by atoms with Crippen molar-refractivity contribution >= 4 is 17.8 Å². The molecule has 0 atom stereocenters. The van der Waals surface area contributed by atoms with Crippen LogP contribution in [0.1, 0.15) is 46.5 Å². The van der Waals surface area contributed by atoms with E-state index in [9.17, 15) is 0 Å². The van der Waals surface area contributed by atoms with Gasteiger partial charge in [-0.2, -0.15) is 0 Å². The van der Waals surface area contributed by atoms with Gasteiger partial charge < -0.3 is 24.4 Å². The molecule has 1 aliphatic heterocycles. The largest absolute Gasteiger partial charge is 0.500 e. The van der Waals surface area contributed by atoms with E-state index in [1.807, 2.05) is 20.8 Å². The van der Waals surface area contributed by atoms with E-state index in [-0.39, 0.29) is 0 Å². The summed E-state index contributed by atoms with van der Waals surface area (Å²) in [4.78, 5) is 0. The molecule has 4 N–H and O–H groups in total. The Hall–Kier alpha value is 0.234. The average Bonchev–Trinajstić information content (AvgIpc) is 2.47. The first kappa shape index (κ1) is 21.2. The van der Waals surface area contributed by atoms with E-state index < -0.39 is 17.8 Å². The van der Waals surface area contributed by atoms with Crippen LogP contribution in [0.4, 0.5) is 0 Å². The molecular formula is C14H36N2O3Si2. The van der Waals surface area contributed by atoms with Crippen LogP contribution in [-0.2, 0) is 13.3 Å². The molecule has 1 saturated heterocycles. The van der Waals surface area contributed by atoms with Crippen molar-refractivity contribution in [3.05, 3.63) is 0 Å². The highest BCUT2D eigenvalue weighted by molar-refractivity contribution is 6.60. The van der Waals surface area contributed by atoms with Gasteiger partial charge in [0, 0.05) is 25.9 Å². The third-order valence-corrected chi connectivity index (χ3v) is 8.88. The number of rotatable bonds is 9. The zero-order valence-electron chi connectivity index (χ0n) is 14.2. The van der Waals surface area contributed by atoms with Gasteiger partial charge in [-0.1, -0.05) is 19.3 Å². The van der Waals surface area contributed by atoms with E-state index >= 15 is 0 Å². The third-order valence-electron chi connectivity index (χ3n) is 3.43. The molecule has 1 aliphatic rings. The Morgan fingerprint density at radius 1 is 0.905 bits per heavy atom. The van der Waals surface area contributed by atoms with Crippen LogP contribution in [-0.4, -0.2) is 44.1 Å². The first-order valence-electron chi connectivity index (χ1n) is 8.51. The van der Waals surface area contributed by atoms with Crippen molar-refractivity contribution < 1.29 is 13.3 Å². The van der Waals surface area contributed by atoms with Gasteiger partial charge in [0.15, 0.2) is 0 Å². The third kappa shape index (κ3) is 10.6. The topological polar surface area (TPSA) is 79.7 Å². The van der Waals surface area contributed by atoms with Gasteiger partial charge in [-0.25, -0.2) is 0 Å². The van der Waals surface area contributed by atoms with Crippen molar-refractivity contribution in [2.75, 3.05) is 26.4 Å². The summed E-state index contributed by atoms with van der Waals surface area (Å²) < 4.78 is 17.0. The summed E-state index contributed by atoms with van der Waals surface area (Å²) >= 11 is 0. The van der Waals surface area contributed by atoms with Gasteiger partial charge in [0.1, 0.15) is 8.96 Å². The Morgan fingerprint density at radius 2 is 1.38 bits per heavy atom. The highest BCUT2D eigenvalue weighted by Crippen LogP contribution is 2.17. The number of hydrogen-bond donors (Lipinski definition) is 2. The van der Waals surface area contributed by atoms with Crippen LogP contribution in [0.15, 0.2) is 0 Å². The zero-order chi connectivity index (χ0) is 16.0. The lowest BCUT2D eigenvalue weighted by molar-refractivity contribution is 0.0710. The van der Waals surface area contributed by atoms with E-state index in [0.29, 0.717) is 26.4 Å². The van der Waals surface area contributed by atoms with Crippen LogP contribution < -0.4 is 11.1 Å². The van der Waals surface area contributed by atoms with Crippen LogP contribution in [0.25, 0.3) is 0 Å². The van der Waals surface area contributed by atoms with Crippen LogP contribution >= 0.6 is 0 Å². The van der Waals surface area contributed by atoms with Gasteiger partial charge >= 0.3 is 8.80 Å². The first-order valence-corrected chi connectivity index (χ1v) is 12.7. The molecule has 0 saturated carbocycles. The second-order valence-corrected chi connectivity index (χ2v) is 10.7. The molecule has 0 aromatic carbocycles. The smallest absolute Gasteiger partial charge is 0.374 e. The Morgan fingerprint density at radius 3 is 1.67 bits per heavy atom. The summed E-state index contributed by atoms with van der Waals surface area (Å²) in [5.74, 6) is 0. The molecule has 0 unspecified atom stereocenters. The van der Waals surface area contributed by atoms with Gasteiger partial charge in [0.05, 0.1) is 0 Å². The average molecular weight is 337 g/mol. The molecule has 0 spiro atoms. The first-order chi connectivity index (χ1) is 10.1. The summed E-state index contributed by atoms with van der Waals surface area (Å²) in [6.07, 6.45) is 5.19. The fraction of sp³-hybridized carbons (Fsp3) is 1.00. The summed E-state index contributed by atoms with van der Waals surface area (Å²) in [6.45, 7) is 8.44. The number of hydrogen-bond acceptors (Lipinski definition) is 5. The minimum absolute atomic E-state index is 0.595. The fourth-order valence-electron chi connectivity index (χ4n) is 2.45. The molecule has 0 aliphatic carbocycles. The number of nitrogens with two attached hydrogens (primary N) is 2. The second-order valence-electron chi connectivity index (χ2n) is 5.27. The van der Waals surface area contributed by atoms with E-state index in [1.54, 1.807) is 0 Å². The molecule has 7 heteroatoms. The van der Waals surface area contributed by atoms with E-state index in [4.69, 9.17) is 24.4 Å². The van der Waals surface area contributed by atoms with Crippen molar-refractivity contribution in [3.8, 4) is 0 Å². The fourth-order valence-corrected chi connectivity index (χ4v) is 7.01. The summed E-state index contributed by atoms with van der Waals surface area (Å²) in [5.41, 5.74) is 5.48. The lowest BCUT2D eigenvalue weighted by atomic mass is 10.3. The maximum Gasteiger partial charge on any atom is 0.500 e. The Bertz CT molecular complexity index is 213. The minimum Gasteiger partial charge on any atom is -0.374 e. The Balaban J connectivity index is 0.000000471. The van der Waals surface area contributed by atoms with Gasteiger partial charge in [0.25, 0.3) is 0 Å². The molecule has 0 bridgehead atoms. The Labute approximate surface area is 133 Å². The monoisotopic (exact) mass is 336 g/mol. The molecule has 1 rings (SSSR count). The molecule has 0 aromatic rings. The van der Waals surface area contributed by atoms with Gasteiger partial charge in [-0.15, -0.1) is 0 Å². The molecule has 0 radical (unpaired) electrons. The normalized spacial score (nSPS) is 16.4. The summed E-state index contributed by atoms with van der Waals surface area (Å²) in [5, 5.41) is 5.77. The van der Waals surface area contributed by atoms with Crippen molar-refractivity contribution in [2.24, 2.45) is 11.1 Å². The highest BCUT2D eigenvalue weighted by atomic mass is 28.4. The zero-order valence-corrected chi connectivity index (χ0v) is 16.4. The van der Waals surface area contributed by atoms with Crippen molar-refractivity contribution in [1.29, 1.82) is 0 Å². The quantitative estimate of drug-likeness (QED) is 0.631. The highest BCUT2D eigenvalue weighted by Gasteiger charge is 2.39. The minimum atomic E-state index is -2.40. The Kier molecular flexibility index (Phi) is 14.0. The van der Waals surface area contributed by atoms with E-state index in [0.717, 1.165) is 12.5 Å². The molecular weight excluding hydrogens is 300 g/mol. The molecule has 21 heavy (non-hydrogen) atoms. The maximum absolute atomic E-state index is 5.77. The second kappa shape index (κ2) is 13.9. The lowest BCUT2D eigenvalue weighted by Crippen LogP contribution is -2.46. The van der Waals surface area contributed by atoms with Crippen molar-refractivity contribution in [3.63, 3.8) is 0 Å². The SMILES string of the molecule is CCO[Si](CCCN)(OCC)OCC.N[SiH]1CCCCC1. The van der Waals surface area contributed by atoms with Crippen LogP contribution in [0.2, 0.25) is 18.1 Å². The summed E-state index contributed by atoms with van der Waals surface area (Å²) in [6, 6.07) is 3.62. The molecule has 1 fully saturated rings. The van der Waals surface area contributed by atoms with Crippen molar-refractivity contribution in [1.82, 2.24) is 0 Å². The van der Waals surface area contributed by atoms with Crippen LogP contribution in [0, 0.1) is 0 Å². The summed E-state index contributed by atoms with van der Waals surface area (Å²) in [7, 11) is -2.99. The van der Waals surface area contributed by atoms with Gasteiger partial charge in [0.2, 0.25) is 0 Å². The van der Waals surface area contributed by atoms with Crippen LogP contribution in [0.5, 0.6) is 0 Å². The standard InChI is InChI=1S/C9H23NO3Si.C5H13NSi/c1-4-11-14(12-5-2,13-6-3)9-7-8-10;6-7-4-2-1-3-5-7/h4-10H2,1-3H3;7H,1-6H2. The lowest BCUT2D eigenvalue weighted by Gasteiger charge is -2.28. The van der Waals surface area contributed by atoms with Gasteiger partial charge in [-0.3, -0.25) is 0 Å². The van der Waals surface area contributed by atoms with Crippen molar-refractivity contribution in [2.45, 2.75) is 64.6 Å². The molecule has 1 heterocycles. The molecule has 5 nitrogen and oxygen atoms in total. The predicted octanol–water partition coefficient (Wildman–Crippen LogP) is 2.24. The maximum atomic E-state index is 5.77.